The van der Waals surface area contributed by atoms with Gasteiger partial charge in [0, 0.05) is 38.3 Å². The summed E-state index contributed by atoms with van der Waals surface area (Å²) in [5.41, 5.74) is -0.441. The molecule has 1 aromatic heterocycles. The van der Waals surface area contributed by atoms with E-state index in [1.807, 2.05) is 0 Å². The van der Waals surface area contributed by atoms with Crippen molar-refractivity contribution in [3.8, 4) is 17.0 Å². The van der Waals surface area contributed by atoms with Gasteiger partial charge in [-0.3, -0.25) is 19.4 Å². The zero-order chi connectivity index (χ0) is 24.1. The summed E-state index contributed by atoms with van der Waals surface area (Å²) < 4.78 is 50.4. The van der Waals surface area contributed by atoms with Crippen LogP contribution in [-0.4, -0.2) is 52.4 Å². The van der Waals surface area contributed by atoms with Gasteiger partial charge in [0.1, 0.15) is 0 Å². The predicted molar refractivity (Wildman–Crippen MR) is 113 cm³/mol. The maximum atomic E-state index is 14.6. The molecular formula is C22H21F2NO7S. The largest absolute Gasteiger partial charge is 0.472 e. The van der Waals surface area contributed by atoms with Crippen LogP contribution in [0.4, 0.5) is 8.78 Å². The van der Waals surface area contributed by atoms with Gasteiger partial charge >= 0.3 is 17.9 Å². The Hall–Kier alpha value is -3.21. The molecule has 1 saturated heterocycles. The monoisotopic (exact) mass is 481 g/mol. The van der Waals surface area contributed by atoms with E-state index in [4.69, 9.17) is 18.9 Å². The van der Waals surface area contributed by atoms with E-state index in [0.717, 1.165) is 31.7 Å². The van der Waals surface area contributed by atoms with Crippen LogP contribution in [0.3, 0.4) is 0 Å². The van der Waals surface area contributed by atoms with Gasteiger partial charge in [-0.25, -0.2) is 4.39 Å². The summed E-state index contributed by atoms with van der Waals surface area (Å²) in [6.45, 7) is 3.45. The average Bonchev–Trinajstić information content (AvgIpc) is 2.74. The first-order valence-electron chi connectivity index (χ1n) is 9.86. The van der Waals surface area contributed by atoms with Crippen molar-refractivity contribution < 1.29 is 42.1 Å². The third-order valence-electron chi connectivity index (χ3n) is 4.50. The Morgan fingerprint density at radius 3 is 2.24 bits per heavy atom. The number of benzene rings is 1. The Morgan fingerprint density at radius 2 is 1.64 bits per heavy atom. The fourth-order valence-corrected chi connectivity index (χ4v) is 4.48. The highest BCUT2D eigenvalue weighted by atomic mass is 32.2. The van der Waals surface area contributed by atoms with Crippen LogP contribution in [0.25, 0.3) is 11.3 Å². The zero-order valence-electron chi connectivity index (χ0n) is 17.9. The molecule has 0 N–H and O–H groups in total. The number of pyridine rings is 1. The van der Waals surface area contributed by atoms with Gasteiger partial charge in [0.2, 0.25) is 5.82 Å². The van der Waals surface area contributed by atoms with Gasteiger partial charge in [-0.1, -0.05) is 6.07 Å². The van der Waals surface area contributed by atoms with Gasteiger partial charge in [0.05, 0.1) is 5.69 Å². The normalized spacial score (nSPS) is 22.2. The second kappa shape index (κ2) is 10.6. The van der Waals surface area contributed by atoms with Crippen molar-refractivity contribution >= 4 is 29.7 Å². The standard InChI is InChI=1S/C22H21F2NO7S/c1-11(26)29-18-10-33-22(21(31-13(3)28)20(18)30-12(2)27)32-17-9-14(8-15(23)19(17)24)16-6-4-5-7-25-16/h4-9,18,20-22H,10H2,1-3H3/t18-,20+,21-,22-/m1/s1. The fraction of sp³-hybridized carbons (Fsp3) is 0.364. The van der Waals surface area contributed by atoms with Crippen LogP contribution >= 0.6 is 11.8 Å². The Balaban J connectivity index is 1.95. The van der Waals surface area contributed by atoms with Crippen molar-refractivity contribution in [3.63, 3.8) is 0 Å². The first-order valence-corrected chi connectivity index (χ1v) is 10.9. The predicted octanol–water partition coefficient (Wildman–Crippen LogP) is 3.27. The number of thioether (sulfide) groups is 1. The first kappa shape index (κ1) is 24.4. The molecule has 0 bridgehead atoms. The molecule has 8 nitrogen and oxygen atoms in total. The van der Waals surface area contributed by atoms with Crippen LogP contribution in [0.1, 0.15) is 20.8 Å². The average molecular weight is 481 g/mol. The van der Waals surface area contributed by atoms with E-state index in [2.05, 4.69) is 4.98 Å². The van der Waals surface area contributed by atoms with Crippen molar-refractivity contribution in [2.24, 2.45) is 0 Å². The summed E-state index contributed by atoms with van der Waals surface area (Å²) >= 11 is 1.03. The van der Waals surface area contributed by atoms with Crippen LogP contribution in [0.15, 0.2) is 36.5 Å². The molecule has 4 atom stereocenters. The topological polar surface area (TPSA) is 101 Å². The van der Waals surface area contributed by atoms with Crippen molar-refractivity contribution in [1.29, 1.82) is 0 Å². The van der Waals surface area contributed by atoms with E-state index in [1.54, 1.807) is 18.2 Å². The first-order chi connectivity index (χ1) is 15.7. The third kappa shape index (κ3) is 6.19. The zero-order valence-corrected chi connectivity index (χ0v) is 18.8. The van der Waals surface area contributed by atoms with Crippen LogP contribution in [-0.2, 0) is 28.6 Å². The van der Waals surface area contributed by atoms with Gasteiger partial charge in [-0.2, -0.15) is 4.39 Å². The highest BCUT2D eigenvalue weighted by molar-refractivity contribution is 7.99. The molecule has 1 fully saturated rings. The molecule has 3 rings (SSSR count). The van der Waals surface area contributed by atoms with Crippen LogP contribution < -0.4 is 4.74 Å². The van der Waals surface area contributed by atoms with Crippen molar-refractivity contribution in [3.05, 3.63) is 48.2 Å². The molecule has 2 heterocycles. The minimum Gasteiger partial charge on any atom is -0.472 e. The lowest BCUT2D eigenvalue weighted by atomic mass is 10.1. The highest BCUT2D eigenvalue weighted by Gasteiger charge is 2.48. The lowest BCUT2D eigenvalue weighted by Crippen LogP contribution is -2.55. The molecule has 0 unspecified atom stereocenters. The van der Waals surface area contributed by atoms with Crippen LogP contribution in [0.2, 0.25) is 0 Å². The quantitative estimate of drug-likeness (QED) is 0.454. The molecule has 0 aliphatic carbocycles. The molecule has 0 radical (unpaired) electrons. The summed E-state index contributed by atoms with van der Waals surface area (Å²) in [6, 6.07) is 7.24. The maximum Gasteiger partial charge on any atom is 0.303 e. The molecule has 0 saturated carbocycles. The molecule has 33 heavy (non-hydrogen) atoms. The maximum absolute atomic E-state index is 14.6. The number of halogens is 2. The van der Waals surface area contributed by atoms with E-state index < -0.39 is 59.0 Å². The second-order valence-electron chi connectivity index (χ2n) is 7.10. The summed E-state index contributed by atoms with van der Waals surface area (Å²) in [7, 11) is 0. The molecule has 0 spiro atoms. The molecule has 0 amide bonds. The minimum atomic E-state index is -1.27. The molecular weight excluding hydrogens is 460 g/mol. The van der Waals surface area contributed by atoms with Crippen LogP contribution in [0, 0.1) is 11.6 Å². The van der Waals surface area contributed by atoms with E-state index in [1.165, 1.54) is 19.2 Å². The molecule has 1 aliphatic heterocycles. The second-order valence-corrected chi connectivity index (χ2v) is 8.23. The number of ether oxygens (including phenoxy) is 4. The Bertz CT molecular complexity index is 1040. The number of carbonyl (C=O) groups excluding carboxylic acids is 3. The van der Waals surface area contributed by atoms with Crippen molar-refractivity contribution in [2.75, 3.05) is 5.75 Å². The Kier molecular flexibility index (Phi) is 7.85. The van der Waals surface area contributed by atoms with E-state index >= 15 is 0 Å². The SMILES string of the molecule is CC(=O)O[C@@H]1[C@@H](OC(C)=O)[C@H](OC(C)=O)CS[C@H]1Oc1cc(-c2ccccn2)cc(F)c1F. The summed E-state index contributed by atoms with van der Waals surface area (Å²) in [5, 5.41) is 0. The number of carbonyl (C=O) groups is 3. The lowest BCUT2D eigenvalue weighted by Gasteiger charge is -2.39. The fourth-order valence-electron chi connectivity index (χ4n) is 3.27. The third-order valence-corrected chi connectivity index (χ3v) is 5.72. The van der Waals surface area contributed by atoms with Crippen molar-refractivity contribution in [1.82, 2.24) is 4.98 Å². The summed E-state index contributed by atoms with van der Waals surface area (Å²) in [6.07, 6.45) is -1.92. The Morgan fingerprint density at radius 1 is 0.970 bits per heavy atom. The molecule has 1 aromatic carbocycles. The molecule has 1 aliphatic rings. The minimum absolute atomic E-state index is 0.0873. The smallest absolute Gasteiger partial charge is 0.303 e. The number of nitrogens with zero attached hydrogens (tertiary/aromatic N) is 1. The number of esters is 3. The lowest BCUT2D eigenvalue weighted by molar-refractivity contribution is -0.186. The number of hydrogen-bond donors (Lipinski definition) is 0. The molecule has 11 heteroatoms. The number of aromatic nitrogens is 1. The molecule has 176 valence electrons. The van der Waals surface area contributed by atoms with Gasteiger partial charge in [0.25, 0.3) is 0 Å². The van der Waals surface area contributed by atoms with Gasteiger partial charge in [-0.15, -0.1) is 11.8 Å². The highest BCUT2D eigenvalue weighted by Crippen LogP contribution is 2.36. The van der Waals surface area contributed by atoms with E-state index in [9.17, 15) is 23.2 Å². The van der Waals surface area contributed by atoms with E-state index in [0.29, 0.717) is 5.69 Å². The molecule has 2 aromatic rings. The van der Waals surface area contributed by atoms with Gasteiger partial charge in [-0.05, 0) is 24.3 Å². The number of hydrogen-bond acceptors (Lipinski definition) is 9. The number of rotatable bonds is 6. The van der Waals surface area contributed by atoms with Gasteiger partial charge in [0.15, 0.2) is 35.3 Å². The van der Waals surface area contributed by atoms with Gasteiger partial charge < -0.3 is 18.9 Å². The van der Waals surface area contributed by atoms with E-state index in [-0.39, 0.29) is 11.3 Å². The van der Waals surface area contributed by atoms with Crippen molar-refractivity contribution in [2.45, 2.75) is 44.5 Å². The Labute approximate surface area is 192 Å². The summed E-state index contributed by atoms with van der Waals surface area (Å²) in [4.78, 5) is 39.0. The summed E-state index contributed by atoms with van der Waals surface area (Å²) in [5.74, 6) is -4.84. The van der Waals surface area contributed by atoms with Crippen LogP contribution in [0.5, 0.6) is 5.75 Å².